The standard InChI is InChI=1S/C9H22Si/c1-8(2)6-9(3)7-10(4)5/h8-10H,6-7H2,1-5H3. The second-order valence-corrected chi connectivity index (χ2v) is 7.62. The van der Waals surface area contributed by atoms with Crippen LogP contribution in [0.3, 0.4) is 0 Å². The van der Waals surface area contributed by atoms with Crippen LogP contribution in [-0.4, -0.2) is 8.80 Å². The predicted molar refractivity (Wildman–Crippen MR) is 52.3 cm³/mol. The second-order valence-electron chi connectivity index (χ2n) is 4.36. The van der Waals surface area contributed by atoms with Crippen molar-refractivity contribution in [1.29, 1.82) is 0 Å². The molecule has 0 radical (unpaired) electrons. The molecular formula is C9H22Si. The first-order chi connectivity index (χ1) is 4.52. The highest BCUT2D eigenvalue weighted by Gasteiger charge is 2.06. The first-order valence-corrected chi connectivity index (χ1v) is 7.65. The topological polar surface area (TPSA) is 0 Å². The summed E-state index contributed by atoms with van der Waals surface area (Å²) in [4.78, 5) is 0. The lowest BCUT2D eigenvalue weighted by atomic mass is 10.0. The quantitative estimate of drug-likeness (QED) is 0.551. The summed E-state index contributed by atoms with van der Waals surface area (Å²) in [7, 11) is -0.287. The molecule has 10 heavy (non-hydrogen) atoms. The number of hydrogen-bond acceptors (Lipinski definition) is 0. The Bertz CT molecular complexity index is 66.8. The third-order valence-electron chi connectivity index (χ3n) is 1.75. The lowest BCUT2D eigenvalue weighted by Gasteiger charge is -2.14. The minimum Gasteiger partial charge on any atom is -0.0722 e. The molecule has 1 atom stereocenters. The normalized spacial score (nSPS) is 14.7. The van der Waals surface area contributed by atoms with Crippen molar-refractivity contribution in [2.45, 2.75) is 46.3 Å². The molecule has 0 N–H and O–H groups in total. The van der Waals surface area contributed by atoms with Crippen LogP contribution in [0.4, 0.5) is 0 Å². The van der Waals surface area contributed by atoms with Crippen LogP contribution in [0.15, 0.2) is 0 Å². The summed E-state index contributed by atoms with van der Waals surface area (Å²) >= 11 is 0. The second kappa shape index (κ2) is 4.95. The Hall–Kier alpha value is 0.217. The molecule has 0 nitrogen and oxygen atoms in total. The zero-order valence-electron chi connectivity index (χ0n) is 8.15. The minimum absolute atomic E-state index is 0.287. The van der Waals surface area contributed by atoms with Crippen molar-refractivity contribution < 1.29 is 0 Å². The van der Waals surface area contributed by atoms with E-state index >= 15 is 0 Å². The van der Waals surface area contributed by atoms with Gasteiger partial charge in [0.2, 0.25) is 0 Å². The fourth-order valence-electron chi connectivity index (χ4n) is 1.71. The molecule has 0 aromatic heterocycles. The maximum absolute atomic E-state index is 2.44. The van der Waals surface area contributed by atoms with Crippen molar-refractivity contribution in [1.82, 2.24) is 0 Å². The fraction of sp³-hybridized carbons (Fsp3) is 1.00. The molecule has 0 aromatic rings. The lowest BCUT2D eigenvalue weighted by molar-refractivity contribution is 0.467. The van der Waals surface area contributed by atoms with Gasteiger partial charge in [0.15, 0.2) is 0 Å². The molecule has 0 amide bonds. The number of hydrogen-bond donors (Lipinski definition) is 0. The van der Waals surface area contributed by atoms with Crippen molar-refractivity contribution in [3.63, 3.8) is 0 Å². The van der Waals surface area contributed by atoms with Gasteiger partial charge in [0, 0.05) is 8.80 Å². The summed E-state index contributed by atoms with van der Waals surface area (Å²) in [5, 5.41) is 0. The van der Waals surface area contributed by atoms with Gasteiger partial charge in [0.1, 0.15) is 0 Å². The molecule has 0 bridgehead atoms. The highest BCUT2D eigenvalue weighted by Crippen LogP contribution is 2.16. The highest BCUT2D eigenvalue weighted by molar-refractivity contribution is 6.55. The van der Waals surface area contributed by atoms with Crippen LogP contribution >= 0.6 is 0 Å². The Morgan fingerprint density at radius 2 is 1.60 bits per heavy atom. The van der Waals surface area contributed by atoms with Crippen LogP contribution in [0.25, 0.3) is 0 Å². The van der Waals surface area contributed by atoms with Gasteiger partial charge in [-0.15, -0.1) is 0 Å². The highest BCUT2D eigenvalue weighted by atomic mass is 28.3. The first-order valence-electron chi connectivity index (χ1n) is 4.52. The van der Waals surface area contributed by atoms with Crippen molar-refractivity contribution in [3.05, 3.63) is 0 Å². The molecule has 1 unspecified atom stereocenters. The Morgan fingerprint density at radius 3 is 1.90 bits per heavy atom. The van der Waals surface area contributed by atoms with Crippen LogP contribution in [0, 0.1) is 11.8 Å². The predicted octanol–water partition coefficient (Wildman–Crippen LogP) is 3.16. The largest absolute Gasteiger partial charge is 0.0722 e. The van der Waals surface area contributed by atoms with Gasteiger partial charge in [0.05, 0.1) is 0 Å². The third-order valence-corrected chi connectivity index (χ3v) is 3.50. The number of rotatable bonds is 4. The Kier molecular flexibility index (Phi) is 5.05. The zero-order valence-corrected chi connectivity index (χ0v) is 9.30. The Balaban J connectivity index is 3.34. The molecule has 0 aliphatic carbocycles. The summed E-state index contributed by atoms with van der Waals surface area (Å²) in [5.41, 5.74) is 0. The molecule has 0 saturated heterocycles. The van der Waals surface area contributed by atoms with Gasteiger partial charge in [0.25, 0.3) is 0 Å². The van der Waals surface area contributed by atoms with Crippen LogP contribution in [-0.2, 0) is 0 Å². The van der Waals surface area contributed by atoms with E-state index in [1.165, 1.54) is 12.5 Å². The van der Waals surface area contributed by atoms with Crippen molar-refractivity contribution in [3.8, 4) is 0 Å². The monoisotopic (exact) mass is 158 g/mol. The van der Waals surface area contributed by atoms with E-state index in [2.05, 4.69) is 33.9 Å². The fourth-order valence-corrected chi connectivity index (χ4v) is 3.51. The van der Waals surface area contributed by atoms with E-state index in [0.29, 0.717) is 0 Å². The molecular weight excluding hydrogens is 136 g/mol. The summed E-state index contributed by atoms with van der Waals surface area (Å²) in [5.74, 6) is 1.87. The van der Waals surface area contributed by atoms with Gasteiger partial charge < -0.3 is 0 Å². The maximum atomic E-state index is 2.44. The molecule has 62 valence electrons. The average molecular weight is 158 g/mol. The molecule has 0 saturated carbocycles. The van der Waals surface area contributed by atoms with E-state index in [0.717, 1.165) is 11.8 Å². The van der Waals surface area contributed by atoms with E-state index in [1.807, 2.05) is 0 Å². The molecule has 0 rings (SSSR count). The molecule has 0 fully saturated rings. The molecule has 0 aliphatic heterocycles. The van der Waals surface area contributed by atoms with Crippen molar-refractivity contribution in [2.75, 3.05) is 0 Å². The van der Waals surface area contributed by atoms with Gasteiger partial charge in [-0.1, -0.05) is 39.9 Å². The SMILES string of the molecule is CC(C)CC(C)C[SiH](C)C. The van der Waals surface area contributed by atoms with Gasteiger partial charge in [-0.2, -0.15) is 0 Å². The molecule has 0 aromatic carbocycles. The van der Waals surface area contributed by atoms with Crippen molar-refractivity contribution in [2.24, 2.45) is 11.8 Å². The van der Waals surface area contributed by atoms with Gasteiger partial charge in [-0.3, -0.25) is 0 Å². The summed E-state index contributed by atoms with van der Waals surface area (Å²) < 4.78 is 0. The lowest BCUT2D eigenvalue weighted by Crippen LogP contribution is -2.08. The van der Waals surface area contributed by atoms with Crippen LogP contribution < -0.4 is 0 Å². The molecule has 0 heterocycles. The van der Waals surface area contributed by atoms with Crippen LogP contribution in [0.1, 0.15) is 27.2 Å². The van der Waals surface area contributed by atoms with E-state index < -0.39 is 0 Å². The maximum Gasteiger partial charge on any atom is 0.0308 e. The van der Waals surface area contributed by atoms with E-state index in [4.69, 9.17) is 0 Å². The molecule has 0 spiro atoms. The van der Waals surface area contributed by atoms with Crippen molar-refractivity contribution >= 4 is 8.80 Å². The molecule has 0 aliphatic rings. The third kappa shape index (κ3) is 6.34. The van der Waals surface area contributed by atoms with Gasteiger partial charge in [-0.05, 0) is 18.3 Å². The summed E-state index contributed by atoms with van der Waals surface area (Å²) in [6, 6.07) is 1.53. The molecule has 1 heteroatoms. The van der Waals surface area contributed by atoms with Crippen LogP contribution in [0.5, 0.6) is 0 Å². The zero-order chi connectivity index (χ0) is 8.15. The van der Waals surface area contributed by atoms with E-state index in [1.54, 1.807) is 0 Å². The van der Waals surface area contributed by atoms with Gasteiger partial charge >= 0.3 is 0 Å². The first kappa shape index (κ1) is 10.2. The smallest absolute Gasteiger partial charge is 0.0308 e. The van der Waals surface area contributed by atoms with E-state index in [9.17, 15) is 0 Å². The summed E-state index contributed by atoms with van der Waals surface area (Å²) in [6.45, 7) is 11.9. The summed E-state index contributed by atoms with van der Waals surface area (Å²) in [6.07, 6.45) is 1.42. The van der Waals surface area contributed by atoms with E-state index in [-0.39, 0.29) is 8.80 Å². The Labute approximate surface area is 67.6 Å². The Morgan fingerprint density at radius 1 is 1.10 bits per heavy atom. The minimum atomic E-state index is -0.287. The average Bonchev–Trinajstić information content (AvgIpc) is 1.58. The van der Waals surface area contributed by atoms with Gasteiger partial charge in [-0.25, -0.2) is 0 Å². The van der Waals surface area contributed by atoms with Crippen LogP contribution in [0.2, 0.25) is 19.1 Å².